The van der Waals surface area contributed by atoms with Crippen molar-refractivity contribution in [3.05, 3.63) is 18.0 Å². The van der Waals surface area contributed by atoms with Crippen molar-refractivity contribution in [1.82, 2.24) is 14.8 Å². The predicted octanol–water partition coefficient (Wildman–Crippen LogP) is 0.845. The van der Waals surface area contributed by atoms with Gasteiger partial charge in [-0.1, -0.05) is 0 Å². The van der Waals surface area contributed by atoms with E-state index in [2.05, 4.69) is 15.4 Å². The number of aryl methyl sites for hydroxylation is 1. The van der Waals surface area contributed by atoms with Crippen LogP contribution < -0.4 is 5.32 Å². The van der Waals surface area contributed by atoms with E-state index in [4.69, 9.17) is 0 Å². The number of carboxylic acid groups (broad SMARTS) is 1. The molecule has 0 saturated carbocycles. The van der Waals surface area contributed by atoms with Crippen LogP contribution in [0.15, 0.2) is 12.4 Å². The highest BCUT2D eigenvalue weighted by atomic mass is 32.2. The molecule has 2 unspecified atom stereocenters. The van der Waals surface area contributed by atoms with E-state index in [1.165, 1.54) is 6.20 Å². The smallest absolute Gasteiger partial charge is 0.339 e. The van der Waals surface area contributed by atoms with Crippen molar-refractivity contribution in [2.45, 2.75) is 12.2 Å². The number of aromatic nitrogens is 3. The maximum absolute atomic E-state index is 11.4. The third-order valence-electron chi connectivity index (χ3n) is 3.13. The Balaban J connectivity index is 2.44. The van der Waals surface area contributed by atoms with Gasteiger partial charge in [-0.3, -0.25) is 8.89 Å². The van der Waals surface area contributed by atoms with Gasteiger partial charge in [-0.2, -0.15) is 5.10 Å². The third-order valence-corrected chi connectivity index (χ3v) is 4.43. The lowest BCUT2D eigenvalue weighted by molar-refractivity contribution is 0.0697. The van der Waals surface area contributed by atoms with Crippen molar-refractivity contribution < 1.29 is 14.1 Å². The summed E-state index contributed by atoms with van der Waals surface area (Å²) in [5.41, 5.74) is 1.15. The molecular weight excluding hydrogens is 280 g/mol. The van der Waals surface area contributed by atoms with Crippen molar-refractivity contribution in [3.8, 4) is 0 Å². The average molecular weight is 296 g/mol. The van der Waals surface area contributed by atoms with Crippen LogP contribution in [0.3, 0.4) is 0 Å². The standard InChI is InChI=1S/C12H16N4O3S/c1-7(20(3)19)4-13-10-8-6-15-16(2)11(8)14-5-9(10)12(17)18/h5-7H,4H2,1-3H3,(H,13,14)(H,17,18). The Kier molecular flexibility index (Phi) is 4.03. The van der Waals surface area contributed by atoms with E-state index in [0.29, 0.717) is 23.3 Å². The lowest BCUT2D eigenvalue weighted by Gasteiger charge is -2.13. The summed E-state index contributed by atoms with van der Waals surface area (Å²) in [7, 11) is 0.763. The lowest BCUT2D eigenvalue weighted by Crippen LogP contribution is -2.22. The van der Waals surface area contributed by atoms with Crippen LogP contribution >= 0.6 is 0 Å². The largest absolute Gasteiger partial charge is 0.478 e. The molecule has 0 bridgehead atoms. The van der Waals surface area contributed by atoms with E-state index in [1.807, 2.05) is 6.92 Å². The molecule has 0 fully saturated rings. The van der Waals surface area contributed by atoms with Crippen molar-refractivity contribution in [2.24, 2.45) is 7.05 Å². The first-order valence-electron chi connectivity index (χ1n) is 6.02. The summed E-state index contributed by atoms with van der Waals surface area (Å²) < 4.78 is 13.0. The molecule has 2 heterocycles. The molecule has 2 aromatic heterocycles. The number of pyridine rings is 1. The van der Waals surface area contributed by atoms with Crippen molar-refractivity contribution in [2.75, 3.05) is 18.1 Å². The summed E-state index contributed by atoms with van der Waals surface area (Å²) >= 11 is 0. The van der Waals surface area contributed by atoms with E-state index in [9.17, 15) is 14.1 Å². The Labute approximate surface area is 118 Å². The van der Waals surface area contributed by atoms with Crippen LogP contribution in [0.25, 0.3) is 11.0 Å². The number of hydrogen-bond acceptors (Lipinski definition) is 5. The maximum atomic E-state index is 11.4. The summed E-state index contributed by atoms with van der Waals surface area (Å²) in [4.78, 5) is 15.4. The molecule has 108 valence electrons. The molecule has 2 aromatic rings. The van der Waals surface area contributed by atoms with Gasteiger partial charge in [0.1, 0.15) is 5.56 Å². The quantitative estimate of drug-likeness (QED) is 0.849. The fourth-order valence-corrected chi connectivity index (χ4v) is 2.13. The summed E-state index contributed by atoms with van der Waals surface area (Å²) in [6.45, 7) is 2.25. The van der Waals surface area contributed by atoms with Crippen molar-refractivity contribution in [1.29, 1.82) is 0 Å². The van der Waals surface area contributed by atoms with Gasteiger partial charge in [0.25, 0.3) is 0 Å². The summed E-state index contributed by atoms with van der Waals surface area (Å²) in [5, 5.41) is 16.9. The van der Waals surface area contributed by atoms with Crippen LogP contribution in [0.2, 0.25) is 0 Å². The Morgan fingerprint density at radius 3 is 2.85 bits per heavy atom. The molecule has 0 spiro atoms. The number of carboxylic acids is 1. The average Bonchev–Trinajstić information content (AvgIpc) is 2.77. The lowest BCUT2D eigenvalue weighted by atomic mass is 10.2. The normalized spacial score (nSPS) is 14.2. The number of aromatic carboxylic acids is 1. The number of carbonyl (C=O) groups is 1. The fraction of sp³-hybridized carbons (Fsp3) is 0.417. The first-order chi connectivity index (χ1) is 9.41. The molecule has 0 amide bonds. The van der Waals surface area contributed by atoms with Gasteiger partial charge in [-0.25, -0.2) is 9.78 Å². The van der Waals surface area contributed by atoms with Gasteiger partial charge in [0.05, 0.1) is 17.3 Å². The van der Waals surface area contributed by atoms with Crippen LogP contribution in [0.5, 0.6) is 0 Å². The van der Waals surface area contributed by atoms with E-state index in [-0.39, 0.29) is 10.8 Å². The molecule has 0 radical (unpaired) electrons. The first kappa shape index (κ1) is 14.4. The predicted molar refractivity (Wildman–Crippen MR) is 77.5 cm³/mol. The molecule has 0 saturated heterocycles. The van der Waals surface area contributed by atoms with Crippen LogP contribution in [0.4, 0.5) is 5.69 Å². The molecule has 2 rings (SSSR count). The highest BCUT2D eigenvalue weighted by Crippen LogP contribution is 2.25. The van der Waals surface area contributed by atoms with Gasteiger partial charge < -0.3 is 10.4 Å². The summed E-state index contributed by atoms with van der Waals surface area (Å²) in [5.74, 6) is -1.06. The number of anilines is 1. The molecule has 8 heteroatoms. The van der Waals surface area contributed by atoms with Gasteiger partial charge in [0, 0.05) is 42.1 Å². The van der Waals surface area contributed by atoms with E-state index in [1.54, 1.807) is 24.2 Å². The van der Waals surface area contributed by atoms with E-state index < -0.39 is 16.8 Å². The van der Waals surface area contributed by atoms with Crippen molar-refractivity contribution in [3.63, 3.8) is 0 Å². The van der Waals surface area contributed by atoms with Crippen LogP contribution in [0, 0.1) is 0 Å². The van der Waals surface area contributed by atoms with Gasteiger partial charge in [0.15, 0.2) is 5.65 Å². The fourth-order valence-electron chi connectivity index (χ4n) is 1.81. The number of hydrogen-bond donors (Lipinski definition) is 2. The number of rotatable bonds is 5. The Morgan fingerprint density at radius 1 is 1.55 bits per heavy atom. The second-order valence-electron chi connectivity index (χ2n) is 4.55. The SMILES string of the molecule is CC(CNc1c(C(=O)O)cnc2c1cnn2C)S(C)=O. The third kappa shape index (κ3) is 2.64. The van der Waals surface area contributed by atoms with Gasteiger partial charge >= 0.3 is 5.97 Å². The van der Waals surface area contributed by atoms with Crippen LogP contribution in [0.1, 0.15) is 17.3 Å². The Bertz CT molecular complexity index is 683. The van der Waals surface area contributed by atoms with Crippen molar-refractivity contribution >= 4 is 33.5 Å². The Morgan fingerprint density at radius 2 is 2.25 bits per heavy atom. The topological polar surface area (TPSA) is 97.1 Å². The second-order valence-corrected chi connectivity index (χ2v) is 6.35. The monoisotopic (exact) mass is 296 g/mol. The van der Waals surface area contributed by atoms with E-state index in [0.717, 1.165) is 0 Å². The zero-order chi connectivity index (χ0) is 14.9. The number of nitrogens with one attached hydrogen (secondary N) is 1. The van der Waals surface area contributed by atoms with Gasteiger partial charge in [0.2, 0.25) is 0 Å². The Hall–Kier alpha value is -1.96. The minimum atomic E-state index is -1.06. The molecule has 0 aliphatic rings. The van der Waals surface area contributed by atoms with Gasteiger partial charge in [-0.15, -0.1) is 0 Å². The molecule has 2 atom stereocenters. The molecule has 0 aliphatic heterocycles. The highest BCUT2D eigenvalue weighted by Gasteiger charge is 2.17. The first-order valence-corrected chi connectivity index (χ1v) is 7.64. The highest BCUT2D eigenvalue weighted by molar-refractivity contribution is 7.84. The summed E-state index contributed by atoms with van der Waals surface area (Å²) in [6.07, 6.45) is 4.50. The molecule has 2 N–H and O–H groups in total. The zero-order valence-electron chi connectivity index (χ0n) is 11.5. The molecule has 7 nitrogen and oxygen atoms in total. The van der Waals surface area contributed by atoms with Crippen LogP contribution in [-0.2, 0) is 17.8 Å². The zero-order valence-corrected chi connectivity index (χ0v) is 12.3. The van der Waals surface area contributed by atoms with Crippen LogP contribution in [-0.4, -0.2) is 48.1 Å². The number of nitrogens with zero attached hydrogens (tertiary/aromatic N) is 3. The minimum Gasteiger partial charge on any atom is -0.478 e. The molecule has 0 aliphatic carbocycles. The minimum absolute atomic E-state index is 0.0829. The summed E-state index contributed by atoms with van der Waals surface area (Å²) in [6, 6.07) is 0. The second kappa shape index (κ2) is 5.58. The van der Waals surface area contributed by atoms with Gasteiger partial charge in [-0.05, 0) is 6.92 Å². The molecule has 0 aromatic carbocycles. The molecular formula is C12H16N4O3S. The van der Waals surface area contributed by atoms with E-state index >= 15 is 0 Å². The number of fused-ring (bicyclic) bond motifs is 1. The maximum Gasteiger partial charge on any atom is 0.339 e. The molecule has 20 heavy (non-hydrogen) atoms.